The number of thiophene rings is 1. The van der Waals surface area contributed by atoms with E-state index in [1.807, 2.05) is 4.57 Å². The molecule has 0 N–H and O–H groups in total. The first-order valence-corrected chi connectivity index (χ1v) is 8.39. The Labute approximate surface area is 121 Å². The Hall–Kier alpha value is -1.42. The van der Waals surface area contributed by atoms with Crippen LogP contribution in [0.25, 0.3) is 22.4 Å². The van der Waals surface area contributed by atoms with Gasteiger partial charge < -0.3 is 0 Å². The van der Waals surface area contributed by atoms with Gasteiger partial charge in [-0.2, -0.15) is 0 Å². The standard InChI is InChI=1S/C16H18N2OS/c19-16-14-11-7-4-5-8-12(11)20-15(14)17-13-9-3-1-2-6-10-18(13)16/h7-8H,1-6,9-10H2. The molecule has 0 fully saturated rings. The van der Waals surface area contributed by atoms with Crippen molar-refractivity contribution in [3.63, 3.8) is 0 Å². The molecule has 0 bridgehead atoms. The van der Waals surface area contributed by atoms with Crippen LogP contribution in [-0.2, 0) is 13.0 Å². The van der Waals surface area contributed by atoms with E-state index in [2.05, 4.69) is 12.2 Å². The van der Waals surface area contributed by atoms with Gasteiger partial charge in [-0.1, -0.05) is 25.0 Å². The van der Waals surface area contributed by atoms with Crippen LogP contribution in [0, 0.1) is 0 Å². The summed E-state index contributed by atoms with van der Waals surface area (Å²) in [5.74, 6) is 1.00. The lowest BCUT2D eigenvalue weighted by molar-refractivity contribution is 0.500. The average Bonchev–Trinajstić information content (AvgIpc) is 2.79. The zero-order chi connectivity index (χ0) is 13.5. The third-order valence-corrected chi connectivity index (χ3v) is 5.43. The summed E-state index contributed by atoms with van der Waals surface area (Å²) in [5, 5.41) is 2.01. The summed E-state index contributed by atoms with van der Waals surface area (Å²) < 4.78 is 3.19. The number of fused-ring (bicyclic) bond motifs is 4. The maximum Gasteiger partial charge on any atom is 0.262 e. The molecule has 104 valence electrons. The summed E-state index contributed by atoms with van der Waals surface area (Å²) in [5.41, 5.74) is 0.191. The van der Waals surface area contributed by atoms with Crippen LogP contribution in [0.1, 0.15) is 44.3 Å². The quantitative estimate of drug-likeness (QED) is 0.742. The van der Waals surface area contributed by atoms with Crippen molar-refractivity contribution in [3.05, 3.63) is 25.9 Å². The number of hydrogen-bond donors (Lipinski definition) is 0. The second-order valence-electron chi connectivity index (χ2n) is 5.69. The molecule has 0 aromatic carbocycles. The van der Waals surface area contributed by atoms with Crippen molar-refractivity contribution in [2.75, 3.05) is 0 Å². The highest BCUT2D eigenvalue weighted by atomic mass is 32.1. The van der Waals surface area contributed by atoms with Crippen molar-refractivity contribution >= 4 is 33.7 Å². The number of aromatic nitrogens is 2. The van der Waals surface area contributed by atoms with Crippen molar-refractivity contribution in [1.29, 1.82) is 0 Å². The van der Waals surface area contributed by atoms with Gasteiger partial charge in [-0.05, 0) is 25.7 Å². The van der Waals surface area contributed by atoms with E-state index in [4.69, 9.17) is 4.98 Å². The monoisotopic (exact) mass is 286 g/mol. The first kappa shape index (κ1) is 12.3. The lowest BCUT2D eigenvalue weighted by Crippen LogP contribution is -2.31. The maximum absolute atomic E-state index is 12.9. The molecule has 1 aliphatic heterocycles. The molecule has 20 heavy (non-hydrogen) atoms. The Morgan fingerprint density at radius 3 is 2.90 bits per heavy atom. The number of hydrogen-bond acceptors (Lipinski definition) is 3. The van der Waals surface area contributed by atoms with Crippen LogP contribution in [0.4, 0.5) is 0 Å². The fourth-order valence-electron chi connectivity index (χ4n) is 3.29. The molecule has 1 aliphatic carbocycles. The predicted octanol–water partition coefficient (Wildman–Crippen LogP) is 1.93. The Bertz CT molecular complexity index is 844. The van der Waals surface area contributed by atoms with Crippen molar-refractivity contribution in [2.24, 2.45) is 0 Å². The number of nitrogens with zero attached hydrogens (tertiary/aromatic N) is 2. The molecule has 0 amide bonds. The molecule has 4 heteroatoms. The molecule has 0 spiro atoms. The predicted molar refractivity (Wildman–Crippen MR) is 83.5 cm³/mol. The van der Waals surface area contributed by atoms with Crippen molar-refractivity contribution in [1.82, 2.24) is 9.55 Å². The highest BCUT2D eigenvalue weighted by Crippen LogP contribution is 2.15. The van der Waals surface area contributed by atoms with Crippen LogP contribution < -0.4 is 15.3 Å². The van der Waals surface area contributed by atoms with Crippen LogP contribution in [0.5, 0.6) is 0 Å². The largest absolute Gasteiger partial charge is 0.296 e. The topological polar surface area (TPSA) is 34.9 Å². The minimum atomic E-state index is 0.191. The normalized spacial score (nSPS) is 18.4. The van der Waals surface area contributed by atoms with E-state index < -0.39 is 0 Å². The molecule has 0 saturated carbocycles. The molecular weight excluding hydrogens is 268 g/mol. The summed E-state index contributed by atoms with van der Waals surface area (Å²) in [6.45, 7) is 0.839. The smallest absolute Gasteiger partial charge is 0.262 e. The van der Waals surface area contributed by atoms with Crippen molar-refractivity contribution in [2.45, 2.75) is 51.5 Å². The van der Waals surface area contributed by atoms with Crippen LogP contribution >= 0.6 is 11.3 Å². The third kappa shape index (κ3) is 1.85. The van der Waals surface area contributed by atoms with Gasteiger partial charge in [0.2, 0.25) is 0 Å². The highest BCUT2D eigenvalue weighted by Gasteiger charge is 2.16. The van der Waals surface area contributed by atoms with Gasteiger partial charge >= 0.3 is 0 Å². The van der Waals surface area contributed by atoms with Crippen LogP contribution in [-0.4, -0.2) is 9.55 Å². The SMILES string of the molecule is O=c1c2c3c(sc2nc2n1CCCCCC2)=CCCC=3. The van der Waals surface area contributed by atoms with Gasteiger partial charge in [0.05, 0.1) is 5.39 Å². The maximum atomic E-state index is 12.9. The van der Waals surface area contributed by atoms with Crippen LogP contribution in [0.15, 0.2) is 4.79 Å². The second-order valence-corrected chi connectivity index (χ2v) is 6.73. The van der Waals surface area contributed by atoms with Gasteiger partial charge in [-0.25, -0.2) is 4.98 Å². The summed E-state index contributed by atoms with van der Waals surface area (Å²) >= 11 is 1.69. The molecule has 2 aromatic heterocycles. The Morgan fingerprint density at radius 2 is 1.95 bits per heavy atom. The first-order chi connectivity index (χ1) is 9.84. The molecule has 2 aromatic rings. The third-order valence-electron chi connectivity index (χ3n) is 4.33. The Balaban J connectivity index is 2.08. The van der Waals surface area contributed by atoms with Gasteiger partial charge in [0.15, 0.2) is 0 Å². The zero-order valence-corrected chi connectivity index (χ0v) is 12.3. The first-order valence-electron chi connectivity index (χ1n) is 7.57. The van der Waals surface area contributed by atoms with Crippen molar-refractivity contribution in [3.8, 4) is 0 Å². The van der Waals surface area contributed by atoms with Gasteiger partial charge in [-0.15, -0.1) is 11.3 Å². The average molecular weight is 286 g/mol. The Morgan fingerprint density at radius 1 is 1.10 bits per heavy atom. The minimum absolute atomic E-state index is 0.191. The summed E-state index contributed by atoms with van der Waals surface area (Å²) in [7, 11) is 0. The lowest BCUT2D eigenvalue weighted by atomic mass is 10.1. The molecule has 0 unspecified atom stereocenters. The van der Waals surface area contributed by atoms with Gasteiger partial charge in [0.25, 0.3) is 5.56 Å². The molecule has 0 radical (unpaired) electrons. The number of rotatable bonds is 0. The highest BCUT2D eigenvalue weighted by molar-refractivity contribution is 7.16. The Kier molecular flexibility index (Phi) is 2.99. The fraction of sp³-hybridized carbons (Fsp3) is 0.500. The fourth-order valence-corrected chi connectivity index (χ4v) is 4.44. The molecule has 3 heterocycles. The molecule has 0 saturated heterocycles. The van der Waals surface area contributed by atoms with E-state index >= 15 is 0 Å². The molecule has 2 aliphatic rings. The van der Waals surface area contributed by atoms with E-state index in [-0.39, 0.29) is 5.56 Å². The van der Waals surface area contributed by atoms with E-state index in [9.17, 15) is 4.79 Å². The summed E-state index contributed by atoms with van der Waals surface area (Å²) in [4.78, 5) is 18.6. The van der Waals surface area contributed by atoms with Crippen LogP contribution in [0.2, 0.25) is 0 Å². The molecular formula is C16H18N2OS. The lowest BCUT2D eigenvalue weighted by Gasteiger charge is -2.15. The zero-order valence-electron chi connectivity index (χ0n) is 11.5. The van der Waals surface area contributed by atoms with Gasteiger partial charge in [0, 0.05) is 22.7 Å². The number of aryl methyl sites for hydroxylation is 1. The second kappa shape index (κ2) is 4.85. The van der Waals surface area contributed by atoms with Crippen LogP contribution in [0.3, 0.4) is 0 Å². The van der Waals surface area contributed by atoms with E-state index in [0.717, 1.165) is 59.9 Å². The van der Waals surface area contributed by atoms with Gasteiger partial charge in [-0.3, -0.25) is 9.36 Å². The summed E-state index contributed by atoms with van der Waals surface area (Å²) in [6, 6.07) is 0. The van der Waals surface area contributed by atoms with Crippen molar-refractivity contribution < 1.29 is 0 Å². The van der Waals surface area contributed by atoms with E-state index in [0.29, 0.717) is 0 Å². The van der Waals surface area contributed by atoms with E-state index in [1.54, 1.807) is 11.3 Å². The molecule has 4 rings (SSSR count). The molecule has 0 atom stereocenters. The van der Waals surface area contributed by atoms with Gasteiger partial charge in [0.1, 0.15) is 10.7 Å². The molecule has 3 nitrogen and oxygen atoms in total. The van der Waals surface area contributed by atoms with E-state index in [1.165, 1.54) is 17.4 Å². The minimum Gasteiger partial charge on any atom is -0.296 e. The summed E-state index contributed by atoms with van der Waals surface area (Å²) in [6.07, 6.45) is 12.3.